The van der Waals surface area contributed by atoms with E-state index < -0.39 is 23.8 Å². The molecule has 0 aliphatic carbocycles. The number of nitrogens with one attached hydrogen (secondary N) is 1. The number of nitrogen functional groups attached to an aromatic ring is 1. The molecule has 0 aromatic heterocycles. The molecule has 0 aliphatic heterocycles. The Kier molecular flexibility index (Phi) is 5.93. The predicted molar refractivity (Wildman–Crippen MR) is 110 cm³/mol. The van der Waals surface area contributed by atoms with Crippen molar-refractivity contribution in [1.29, 1.82) is 0 Å². The zero-order valence-corrected chi connectivity index (χ0v) is 16.1. The molecule has 3 aromatic rings. The zero-order valence-electron chi connectivity index (χ0n) is 16.1. The minimum atomic E-state index is -1.20. The first-order valence-corrected chi connectivity index (χ1v) is 9.04. The molecule has 1 amide bonds. The normalized spacial score (nSPS) is 11.6. The monoisotopic (exact) mass is 392 g/mol. The van der Waals surface area contributed by atoms with Crippen molar-refractivity contribution in [3.05, 3.63) is 94.8 Å². The Bertz CT molecular complexity index is 1050. The highest BCUT2D eigenvalue weighted by Gasteiger charge is 2.27. The number of carbonyl (C=O) groups is 2. The lowest BCUT2D eigenvalue weighted by atomic mass is 10.1. The number of esters is 1. The van der Waals surface area contributed by atoms with Gasteiger partial charge in [-0.25, -0.2) is 9.18 Å². The third-order valence-corrected chi connectivity index (χ3v) is 4.45. The molecule has 0 bridgehead atoms. The highest BCUT2D eigenvalue weighted by atomic mass is 19.1. The number of anilines is 2. The van der Waals surface area contributed by atoms with Crippen LogP contribution in [0.15, 0.2) is 66.7 Å². The number of nitrogens with two attached hydrogens (primary N) is 1. The van der Waals surface area contributed by atoms with Crippen LogP contribution in [0.25, 0.3) is 0 Å². The molecule has 0 heterocycles. The Morgan fingerprint density at radius 3 is 2.41 bits per heavy atom. The van der Waals surface area contributed by atoms with E-state index in [1.54, 1.807) is 30.3 Å². The van der Waals surface area contributed by atoms with E-state index >= 15 is 0 Å². The first-order chi connectivity index (χ1) is 13.8. The highest BCUT2D eigenvalue weighted by molar-refractivity contribution is 6.00. The van der Waals surface area contributed by atoms with Crippen LogP contribution in [0.2, 0.25) is 0 Å². The first kappa shape index (κ1) is 20.1. The second-order valence-electron chi connectivity index (χ2n) is 6.74. The van der Waals surface area contributed by atoms with Crippen molar-refractivity contribution in [2.45, 2.75) is 20.0 Å². The number of halogens is 1. The second-order valence-corrected chi connectivity index (χ2v) is 6.74. The topological polar surface area (TPSA) is 81.4 Å². The van der Waals surface area contributed by atoms with Gasteiger partial charge in [0.2, 0.25) is 6.10 Å². The van der Waals surface area contributed by atoms with Crippen LogP contribution in [0.3, 0.4) is 0 Å². The van der Waals surface area contributed by atoms with Gasteiger partial charge in [-0.1, -0.05) is 42.5 Å². The standard InChI is InChI=1S/C23H21FN2O3/c1-14-8-9-15(2)20(12-14)26-22(27)21(16-6-4-3-5-7-16)29-23(28)18-11-10-17(24)13-19(18)25/h3-13,21H,25H2,1-2H3,(H,26,27). The van der Waals surface area contributed by atoms with Gasteiger partial charge in [0, 0.05) is 16.9 Å². The molecule has 6 heteroatoms. The van der Waals surface area contributed by atoms with E-state index in [1.807, 2.05) is 32.0 Å². The summed E-state index contributed by atoms with van der Waals surface area (Å²) in [7, 11) is 0. The predicted octanol–water partition coefficient (Wildman–Crippen LogP) is 4.56. The molecule has 0 fully saturated rings. The lowest BCUT2D eigenvalue weighted by Gasteiger charge is -2.19. The lowest BCUT2D eigenvalue weighted by Crippen LogP contribution is -2.26. The molecule has 3 rings (SSSR count). The average molecular weight is 392 g/mol. The molecule has 0 saturated carbocycles. The lowest BCUT2D eigenvalue weighted by molar-refractivity contribution is -0.125. The minimum Gasteiger partial charge on any atom is -0.444 e. The molecule has 29 heavy (non-hydrogen) atoms. The van der Waals surface area contributed by atoms with E-state index in [0.717, 1.165) is 23.3 Å². The van der Waals surface area contributed by atoms with Gasteiger partial charge >= 0.3 is 5.97 Å². The van der Waals surface area contributed by atoms with E-state index in [1.165, 1.54) is 6.07 Å². The number of amides is 1. The summed E-state index contributed by atoms with van der Waals surface area (Å²) in [6.07, 6.45) is -1.20. The van der Waals surface area contributed by atoms with E-state index in [2.05, 4.69) is 5.32 Å². The molecule has 1 unspecified atom stereocenters. The van der Waals surface area contributed by atoms with Crippen LogP contribution in [0.5, 0.6) is 0 Å². The summed E-state index contributed by atoms with van der Waals surface area (Å²) in [5.74, 6) is -1.88. The first-order valence-electron chi connectivity index (χ1n) is 9.04. The van der Waals surface area contributed by atoms with Gasteiger partial charge in [0.05, 0.1) is 5.56 Å². The molecule has 0 aliphatic rings. The van der Waals surface area contributed by atoms with Crippen LogP contribution in [0.4, 0.5) is 15.8 Å². The summed E-state index contributed by atoms with van der Waals surface area (Å²) in [6.45, 7) is 3.79. The number of hydrogen-bond donors (Lipinski definition) is 2. The molecule has 0 spiro atoms. The molecule has 0 saturated heterocycles. The van der Waals surface area contributed by atoms with Crippen molar-refractivity contribution < 1.29 is 18.7 Å². The minimum absolute atomic E-state index is 0.00753. The summed E-state index contributed by atoms with van der Waals surface area (Å²) in [4.78, 5) is 25.6. The van der Waals surface area contributed by atoms with E-state index in [4.69, 9.17) is 10.5 Å². The Morgan fingerprint density at radius 2 is 1.72 bits per heavy atom. The van der Waals surface area contributed by atoms with Crippen molar-refractivity contribution in [2.75, 3.05) is 11.1 Å². The quantitative estimate of drug-likeness (QED) is 0.493. The maximum atomic E-state index is 13.3. The fourth-order valence-corrected chi connectivity index (χ4v) is 2.86. The van der Waals surface area contributed by atoms with Gasteiger partial charge in [-0.3, -0.25) is 4.79 Å². The van der Waals surface area contributed by atoms with Gasteiger partial charge in [0.25, 0.3) is 5.91 Å². The van der Waals surface area contributed by atoms with Crippen molar-refractivity contribution in [1.82, 2.24) is 0 Å². The molecular weight excluding hydrogens is 371 g/mol. The average Bonchev–Trinajstić information content (AvgIpc) is 2.69. The smallest absolute Gasteiger partial charge is 0.341 e. The van der Waals surface area contributed by atoms with Crippen molar-refractivity contribution >= 4 is 23.3 Å². The van der Waals surface area contributed by atoms with Gasteiger partial charge in [0.15, 0.2) is 0 Å². The summed E-state index contributed by atoms with van der Waals surface area (Å²) in [5.41, 5.74) is 8.67. The fraction of sp³-hybridized carbons (Fsp3) is 0.130. The molecule has 0 radical (unpaired) electrons. The van der Waals surface area contributed by atoms with Crippen LogP contribution in [-0.2, 0) is 9.53 Å². The number of benzene rings is 3. The van der Waals surface area contributed by atoms with Gasteiger partial charge in [-0.2, -0.15) is 0 Å². The van der Waals surface area contributed by atoms with Crippen LogP contribution < -0.4 is 11.1 Å². The van der Waals surface area contributed by atoms with E-state index in [0.29, 0.717) is 11.3 Å². The highest BCUT2D eigenvalue weighted by Crippen LogP contribution is 2.25. The molecule has 3 N–H and O–H groups in total. The van der Waals surface area contributed by atoms with Crippen molar-refractivity contribution in [3.63, 3.8) is 0 Å². The SMILES string of the molecule is Cc1ccc(C)c(NC(=O)C(OC(=O)c2ccc(F)cc2N)c2ccccc2)c1. The third-order valence-electron chi connectivity index (χ3n) is 4.45. The second kappa shape index (κ2) is 8.56. The number of aryl methyl sites for hydroxylation is 2. The van der Waals surface area contributed by atoms with E-state index in [9.17, 15) is 14.0 Å². The molecular formula is C23H21FN2O3. The van der Waals surface area contributed by atoms with Crippen LogP contribution in [0.1, 0.15) is 33.2 Å². The Balaban J connectivity index is 1.89. The molecule has 5 nitrogen and oxygen atoms in total. The van der Waals surface area contributed by atoms with Crippen LogP contribution in [-0.4, -0.2) is 11.9 Å². The van der Waals surface area contributed by atoms with Crippen molar-refractivity contribution in [2.24, 2.45) is 0 Å². The Morgan fingerprint density at radius 1 is 1.00 bits per heavy atom. The fourth-order valence-electron chi connectivity index (χ4n) is 2.86. The number of hydrogen-bond acceptors (Lipinski definition) is 4. The largest absolute Gasteiger partial charge is 0.444 e. The maximum Gasteiger partial charge on any atom is 0.341 e. The van der Waals surface area contributed by atoms with Gasteiger partial charge < -0.3 is 15.8 Å². The Labute approximate surface area is 168 Å². The molecule has 1 atom stereocenters. The summed E-state index contributed by atoms with van der Waals surface area (Å²) in [6, 6.07) is 17.7. The van der Waals surface area contributed by atoms with Crippen LogP contribution >= 0.6 is 0 Å². The van der Waals surface area contributed by atoms with Crippen molar-refractivity contribution in [3.8, 4) is 0 Å². The van der Waals surface area contributed by atoms with Gasteiger partial charge in [-0.05, 0) is 49.2 Å². The third kappa shape index (κ3) is 4.79. The van der Waals surface area contributed by atoms with E-state index in [-0.39, 0.29) is 11.3 Å². The van der Waals surface area contributed by atoms with Gasteiger partial charge in [0.1, 0.15) is 5.82 Å². The molecule has 148 valence electrons. The number of carbonyl (C=O) groups excluding carboxylic acids is 2. The number of rotatable bonds is 5. The summed E-state index contributed by atoms with van der Waals surface area (Å²) >= 11 is 0. The summed E-state index contributed by atoms with van der Waals surface area (Å²) in [5, 5.41) is 2.82. The molecule has 3 aromatic carbocycles. The zero-order chi connectivity index (χ0) is 21.0. The maximum absolute atomic E-state index is 13.3. The summed E-state index contributed by atoms with van der Waals surface area (Å²) < 4.78 is 18.8. The number of ether oxygens (including phenoxy) is 1. The Hall–Kier alpha value is -3.67. The van der Waals surface area contributed by atoms with Gasteiger partial charge in [-0.15, -0.1) is 0 Å². The van der Waals surface area contributed by atoms with Crippen LogP contribution in [0, 0.1) is 19.7 Å².